The van der Waals surface area contributed by atoms with Crippen LogP contribution in [0, 0.1) is 6.58 Å². The molecule has 1 aromatic carbocycles. The molecule has 1 aromatic rings. The molecule has 0 unspecified atom stereocenters. The molecule has 0 spiro atoms. The SMILES string of the molecule is [B]c1ccc(C=[CH])cc1. The molecule has 0 nitrogen and oxygen atoms in total. The summed E-state index contributed by atoms with van der Waals surface area (Å²) in [4.78, 5) is 0. The Morgan fingerprint density at radius 3 is 2.22 bits per heavy atom. The third kappa shape index (κ3) is 1.46. The molecule has 41 valence electrons. The van der Waals surface area contributed by atoms with Gasteiger partial charge in [-0.1, -0.05) is 42.4 Å². The summed E-state index contributed by atoms with van der Waals surface area (Å²) in [7, 11) is 5.43. The zero-order chi connectivity index (χ0) is 6.69. The maximum atomic E-state index is 5.43. The Morgan fingerprint density at radius 2 is 1.78 bits per heavy atom. The van der Waals surface area contributed by atoms with E-state index < -0.39 is 0 Å². The van der Waals surface area contributed by atoms with E-state index in [9.17, 15) is 0 Å². The first-order chi connectivity index (χ1) is 4.33. The lowest BCUT2D eigenvalue weighted by Gasteiger charge is -1.91. The van der Waals surface area contributed by atoms with Gasteiger partial charge in [-0.05, 0) is 5.56 Å². The molecular weight excluding hydrogens is 107 g/mol. The number of hydrogen-bond donors (Lipinski definition) is 0. The third-order valence-electron chi connectivity index (χ3n) is 1.13. The minimum absolute atomic E-state index is 0.764. The van der Waals surface area contributed by atoms with E-state index in [1.54, 1.807) is 6.08 Å². The van der Waals surface area contributed by atoms with Gasteiger partial charge in [0.2, 0.25) is 0 Å². The van der Waals surface area contributed by atoms with Crippen molar-refractivity contribution in [3.05, 3.63) is 36.4 Å². The molecule has 0 aliphatic rings. The predicted molar refractivity (Wildman–Crippen MR) is 40.6 cm³/mol. The van der Waals surface area contributed by atoms with Crippen LogP contribution >= 0.6 is 0 Å². The first-order valence-corrected chi connectivity index (χ1v) is 2.73. The van der Waals surface area contributed by atoms with Crippen LogP contribution < -0.4 is 5.46 Å². The van der Waals surface area contributed by atoms with Crippen molar-refractivity contribution >= 4 is 19.4 Å². The van der Waals surface area contributed by atoms with Crippen LogP contribution in [0.1, 0.15) is 5.56 Å². The van der Waals surface area contributed by atoms with Crippen LogP contribution in [0.25, 0.3) is 6.08 Å². The summed E-state index contributed by atoms with van der Waals surface area (Å²) < 4.78 is 0. The van der Waals surface area contributed by atoms with E-state index in [0.29, 0.717) is 0 Å². The largest absolute Gasteiger partial charge is 0.113 e. The molecular formula is C8H6B. The van der Waals surface area contributed by atoms with Gasteiger partial charge in [-0.3, -0.25) is 0 Å². The van der Waals surface area contributed by atoms with Crippen LogP contribution in [-0.4, -0.2) is 7.85 Å². The molecule has 0 amide bonds. The summed E-state index contributed by atoms with van der Waals surface area (Å²) in [6, 6.07) is 7.38. The summed E-state index contributed by atoms with van der Waals surface area (Å²) in [5.74, 6) is 0. The van der Waals surface area contributed by atoms with Crippen molar-refractivity contribution in [2.45, 2.75) is 0 Å². The number of benzene rings is 1. The lowest BCUT2D eigenvalue weighted by atomic mass is 9.95. The standard InChI is InChI=1S/C8H6B/c1-2-7-3-5-8(9)6-4-7/h1-6H. The molecule has 0 saturated heterocycles. The van der Waals surface area contributed by atoms with E-state index in [1.165, 1.54) is 0 Å². The van der Waals surface area contributed by atoms with Gasteiger partial charge in [0.15, 0.2) is 0 Å². The van der Waals surface area contributed by atoms with Crippen LogP contribution in [0.2, 0.25) is 0 Å². The molecule has 0 heterocycles. The molecule has 9 heavy (non-hydrogen) atoms. The van der Waals surface area contributed by atoms with E-state index >= 15 is 0 Å². The quantitative estimate of drug-likeness (QED) is 0.475. The second-order valence-electron chi connectivity index (χ2n) is 1.83. The lowest BCUT2D eigenvalue weighted by Crippen LogP contribution is -1.98. The zero-order valence-corrected chi connectivity index (χ0v) is 5.04. The van der Waals surface area contributed by atoms with Gasteiger partial charge in [0.25, 0.3) is 0 Å². The van der Waals surface area contributed by atoms with Crippen LogP contribution in [0.4, 0.5) is 0 Å². The van der Waals surface area contributed by atoms with Gasteiger partial charge >= 0.3 is 0 Å². The molecule has 1 rings (SSSR count). The molecule has 0 atom stereocenters. The first kappa shape index (κ1) is 6.15. The van der Waals surface area contributed by atoms with Gasteiger partial charge in [-0.2, -0.15) is 0 Å². The Bertz CT molecular complexity index is 198. The van der Waals surface area contributed by atoms with Crippen molar-refractivity contribution in [3.63, 3.8) is 0 Å². The fourth-order valence-electron chi connectivity index (χ4n) is 0.607. The zero-order valence-electron chi connectivity index (χ0n) is 5.04. The highest BCUT2D eigenvalue weighted by atomic mass is 13.8. The summed E-state index contributed by atoms with van der Waals surface area (Å²) in [6.07, 6.45) is 1.54. The highest BCUT2D eigenvalue weighted by Gasteiger charge is 1.82. The molecule has 3 radical (unpaired) electrons. The van der Waals surface area contributed by atoms with Crippen molar-refractivity contribution in [1.29, 1.82) is 0 Å². The first-order valence-electron chi connectivity index (χ1n) is 2.73. The average Bonchev–Trinajstić information content (AvgIpc) is 1.90. The van der Waals surface area contributed by atoms with Crippen molar-refractivity contribution in [2.75, 3.05) is 0 Å². The minimum atomic E-state index is 0.764. The lowest BCUT2D eigenvalue weighted by molar-refractivity contribution is 1.71. The Hall–Kier alpha value is -0.975. The second-order valence-corrected chi connectivity index (χ2v) is 1.83. The van der Waals surface area contributed by atoms with Crippen LogP contribution in [-0.2, 0) is 0 Å². The summed E-state index contributed by atoms with van der Waals surface area (Å²) in [5, 5.41) is 0. The summed E-state index contributed by atoms with van der Waals surface area (Å²) >= 11 is 0. The van der Waals surface area contributed by atoms with Crippen molar-refractivity contribution in [1.82, 2.24) is 0 Å². The van der Waals surface area contributed by atoms with Crippen molar-refractivity contribution in [2.24, 2.45) is 0 Å². The van der Waals surface area contributed by atoms with Crippen molar-refractivity contribution < 1.29 is 0 Å². The summed E-state index contributed by atoms with van der Waals surface area (Å²) in [6.45, 7) is 5.23. The second kappa shape index (κ2) is 2.54. The van der Waals surface area contributed by atoms with E-state index in [4.69, 9.17) is 14.4 Å². The van der Waals surface area contributed by atoms with Gasteiger partial charge in [-0.15, -0.1) is 0 Å². The maximum absolute atomic E-state index is 5.43. The Balaban J connectivity index is 3.01. The molecule has 0 aliphatic carbocycles. The molecule has 0 bridgehead atoms. The van der Waals surface area contributed by atoms with E-state index in [1.807, 2.05) is 24.3 Å². The average molecular weight is 113 g/mol. The smallest absolute Gasteiger partial charge is 0.0966 e. The van der Waals surface area contributed by atoms with Crippen molar-refractivity contribution in [3.8, 4) is 0 Å². The Kier molecular flexibility index (Phi) is 1.73. The maximum Gasteiger partial charge on any atom is 0.113 e. The van der Waals surface area contributed by atoms with Crippen LogP contribution in [0.3, 0.4) is 0 Å². The summed E-state index contributed by atoms with van der Waals surface area (Å²) in [5.41, 5.74) is 1.75. The highest BCUT2D eigenvalue weighted by molar-refractivity contribution is 6.32. The third-order valence-corrected chi connectivity index (χ3v) is 1.13. The van der Waals surface area contributed by atoms with Gasteiger partial charge in [0.05, 0.1) is 0 Å². The van der Waals surface area contributed by atoms with E-state index in [-0.39, 0.29) is 0 Å². The van der Waals surface area contributed by atoms with Gasteiger partial charge in [0, 0.05) is 0 Å². The van der Waals surface area contributed by atoms with Crippen LogP contribution in [0.5, 0.6) is 0 Å². The molecule has 0 aromatic heterocycles. The molecule has 0 saturated carbocycles. The fraction of sp³-hybridized carbons (Fsp3) is 0. The predicted octanol–water partition coefficient (Wildman–Crippen LogP) is 0.927. The van der Waals surface area contributed by atoms with Crippen LogP contribution in [0.15, 0.2) is 24.3 Å². The highest BCUT2D eigenvalue weighted by Crippen LogP contribution is 1.95. The van der Waals surface area contributed by atoms with Gasteiger partial charge < -0.3 is 0 Å². The molecule has 1 heteroatoms. The Labute approximate surface area is 56.6 Å². The number of hydrogen-bond acceptors (Lipinski definition) is 0. The Morgan fingerprint density at radius 1 is 1.22 bits per heavy atom. The topological polar surface area (TPSA) is 0 Å². The molecule has 0 N–H and O–H groups in total. The molecule has 0 aliphatic heterocycles. The number of rotatable bonds is 1. The monoisotopic (exact) mass is 113 g/mol. The molecule has 0 fully saturated rings. The normalized spacial score (nSPS) is 8.89. The minimum Gasteiger partial charge on any atom is -0.0966 e. The van der Waals surface area contributed by atoms with Gasteiger partial charge in [-0.25, -0.2) is 0 Å². The van der Waals surface area contributed by atoms with Gasteiger partial charge in [0.1, 0.15) is 7.85 Å². The fourth-order valence-corrected chi connectivity index (χ4v) is 0.607. The van der Waals surface area contributed by atoms with E-state index in [0.717, 1.165) is 11.0 Å². The van der Waals surface area contributed by atoms with E-state index in [2.05, 4.69) is 0 Å².